The van der Waals surface area contributed by atoms with Crippen molar-refractivity contribution in [2.75, 3.05) is 66.8 Å². The Morgan fingerprint density at radius 3 is 2.38 bits per heavy atom. The van der Waals surface area contributed by atoms with Crippen LogP contribution in [0.3, 0.4) is 0 Å². The highest BCUT2D eigenvalue weighted by molar-refractivity contribution is 5.95. The van der Waals surface area contributed by atoms with Gasteiger partial charge in [-0.3, -0.25) is 4.79 Å². The lowest BCUT2D eigenvalue weighted by Crippen LogP contribution is -2.45. The van der Waals surface area contributed by atoms with Gasteiger partial charge in [-0.2, -0.15) is 0 Å². The van der Waals surface area contributed by atoms with Crippen LogP contribution in [0.25, 0.3) is 0 Å². The summed E-state index contributed by atoms with van der Waals surface area (Å²) in [4.78, 5) is 30.8. The fourth-order valence-electron chi connectivity index (χ4n) is 5.48. The monoisotopic (exact) mass is 561 g/mol. The van der Waals surface area contributed by atoms with Crippen LogP contribution in [0, 0.1) is 11.8 Å². The Labute approximate surface area is 238 Å². The summed E-state index contributed by atoms with van der Waals surface area (Å²) in [6.45, 7) is 9.33. The van der Waals surface area contributed by atoms with Crippen LogP contribution in [0.2, 0.25) is 0 Å². The second-order valence-corrected chi connectivity index (χ2v) is 11.4. The van der Waals surface area contributed by atoms with Gasteiger partial charge < -0.3 is 38.8 Å². The fourth-order valence-corrected chi connectivity index (χ4v) is 5.48. The highest BCUT2D eigenvalue weighted by Crippen LogP contribution is 2.32. The predicted octanol–water partition coefficient (Wildman–Crippen LogP) is 3.58. The molecule has 0 spiro atoms. The first-order chi connectivity index (χ1) is 19.4. The number of nitrogens with one attached hydrogen (secondary N) is 1. The lowest BCUT2D eigenvalue weighted by Gasteiger charge is -2.34. The van der Waals surface area contributed by atoms with Gasteiger partial charge in [-0.05, 0) is 56.7 Å². The van der Waals surface area contributed by atoms with E-state index in [9.17, 15) is 9.59 Å². The number of hydrogen-bond acceptors (Lipinski definition) is 8. The highest BCUT2D eigenvalue weighted by atomic mass is 16.6. The minimum atomic E-state index is -0.201. The number of benzene rings is 1. The molecule has 1 saturated carbocycles. The van der Waals surface area contributed by atoms with Gasteiger partial charge in [0.15, 0.2) is 11.5 Å². The molecule has 1 aromatic rings. The zero-order valence-electron chi connectivity index (χ0n) is 24.6. The Kier molecular flexibility index (Phi) is 11.3. The van der Waals surface area contributed by atoms with E-state index in [2.05, 4.69) is 5.32 Å². The molecule has 1 N–H and O–H groups in total. The SMILES string of the molecule is COCCCOc1cc(C(=O)N(C[C@@H]2CNC[C@H]2CN(C(=O)OC2CCOCC2)C2CC2)C(C)C)ccc1OC. The van der Waals surface area contributed by atoms with Crippen molar-refractivity contribution >= 4 is 12.0 Å². The Morgan fingerprint density at radius 1 is 1.00 bits per heavy atom. The van der Waals surface area contributed by atoms with E-state index in [-0.39, 0.29) is 42.0 Å². The average Bonchev–Trinajstić information content (AvgIpc) is 3.71. The van der Waals surface area contributed by atoms with Crippen LogP contribution >= 0.6 is 0 Å². The zero-order chi connectivity index (χ0) is 28.5. The maximum absolute atomic E-state index is 13.8. The van der Waals surface area contributed by atoms with Crippen molar-refractivity contribution in [3.05, 3.63) is 23.8 Å². The molecule has 0 unspecified atom stereocenters. The van der Waals surface area contributed by atoms with E-state index in [1.54, 1.807) is 32.4 Å². The smallest absolute Gasteiger partial charge is 0.410 e. The maximum Gasteiger partial charge on any atom is 0.410 e. The minimum absolute atomic E-state index is 0.0138. The minimum Gasteiger partial charge on any atom is -0.493 e. The summed E-state index contributed by atoms with van der Waals surface area (Å²) in [5, 5.41) is 3.51. The number of nitrogens with zero attached hydrogens (tertiary/aromatic N) is 2. The van der Waals surface area contributed by atoms with Gasteiger partial charge in [-0.1, -0.05) is 0 Å². The summed E-state index contributed by atoms with van der Waals surface area (Å²) >= 11 is 0. The maximum atomic E-state index is 13.8. The van der Waals surface area contributed by atoms with E-state index in [1.807, 2.05) is 23.6 Å². The lowest BCUT2D eigenvalue weighted by atomic mass is 9.94. The van der Waals surface area contributed by atoms with Gasteiger partial charge in [0, 0.05) is 76.8 Å². The van der Waals surface area contributed by atoms with E-state index in [4.69, 9.17) is 23.7 Å². The molecule has 2 saturated heterocycles. The van der Waals surface area contributed by atoms with Crippen molar-refractivity contribution in [2.45, 2.75) is 64.1 Å². The van der Waals surface area contributed by atoms with Crippen molar-refractivity contribution < 1.29 is 33.3 Å². The molecule has 0 aromatic heterocycles. The van der Waals surface area contributed by atoms with Gasteiger partial charge in [0.2, 0.25) is 0 Å². The molecule has 1 aromatic carbocycles. The molecule has 0 bridgehead atoms. The van der Waals surface area contributed by atoms with Gasteiger partial charge >= 0.3 is 6.09 Å². The van der Waals surface area contributed by atoms with Crippen molar-refractivity contribution in [3.8, 4) is 11.5 Å². The summed E-state index contributed by atoms with van der Waals surface area (Å²) in [6, 6.07) is 5.63. The molecule has 10 nitrogen and oxygen atoms in total. The van der Waals surface area contributed by atoms with E-state index in [1.165, 1.54) is 0 Å². The summed E-state index contributed by atoms with van der Waals surface area (Å²) < 4.78 is 27.8. The average molecular weight is 562 g/mol. The summed E-state index contributed by atoms with van der Waals surface area (Å²) in [5.74, 6) is 1.58. The van der Waals surface area contributed by atoms with Crippen molar-refractivity contribution in [2.24, 2.45) is 11.8 Å². The zero-order valence-corrected chi connectivity index (χ0v) is 24.6. The summed E-state index contributed by atoms with van der Waals surface area (Å²) in [5.41, 5.74) is 0.568. The Bertz CT molecular complexity index is 965. The molecule has 4 rings (SSSR count). The van der Waals surface area contributed by atoms with Crippen LogP contribution in [-0.4, -0.2) is 107 Å². The van der Waals surface area contributed by atoms with Crippen LogP contribution in [0.15, 0.2) is 18.2 Å². The largest absolute Gasteiger partial charge is 0.493 e. The van der Waals surface area contributed by atoms with E-state index >= 15 is 0 Å². The van der Waals surface area contributed by atoms with Crippen LogP contribution in [0.4, 0.5) is 4.79 Å². The standard InChI is InChI=1S/C30H47N3O7/c1-21(2)32(29(34)22-6-9-27(37-4)28(16-22)39-13-5-12-36-3)19-23-17-31-18-24(23)20-33(25-7-8-25)30(35)40-26-10-14-38-15-11-26/h6,9,16,21,23-26,31H,5,7-8,10-15,17-20H2,1-4H3/t23-,24-/m0/s1. The number of carbonyl (C=O) groups is 2. The number of hydrogen-bond donors (Lipinski definition) is 1. The van der Waals surface area contributed by atoms with Gasteiger partial charge in [0.25, 0.3) is 5.91 Å². The predicted molar refractivity (Wildman–Crippen MR) is 151 cm³/mol. The molecule has 224 valence electrons. The second kappa shape index (κ2) is 14.9. The number of rotatable bonds is 14. The van der Waals surface area contributed by atoms with Crippen LogP contribution in [0.5, 0.6) is 11.5 Å². The van der Waals surface area contributed by atoms with Crippen LogP contribution in [-0.2, 0) is 14.2 Å². The highest BCUT2D eigenvalue weighted by Gasteiger charge is 2.40. The Hall–Kier alpha value is -2.56. The molecule has 10 heteroatoms. The van der Waals surface area contributed by atoms with Gasteiger partial charge in [0.05, 0.1) is 26.9 Å². The number of methoxy groups -OCH3 is 2. The third-order valence-corrected chi connectivity index (χ3v) is 8.05. The van der Waals surface area contributed by atoms with Gasteiger partial charge in [-0.25, -0.2) is 4.79 Å². The number of carbonyl (C=O) groups excluding carboxylic acids is 2. The normalized spacial score (nSPS) is 21.3. The van der Waals surface area contributed by atoms with E-state index in [0.29, 0.717) is 56.6 Å². The topological polar surface area (TPSA) is 98.8 Å². The van der Waals surface area contributed by atoms with E-state index in [0.717, 1.165) is 45.2 Å². The molecule has 2 amide bonds. The van der Waals surface area contributed by atoms with Crippen molar-refractivity contribution in [3.63, 3.8) is 0 Å². The molecule has 2 heterocycles. The molecule has 1 aliphatic carbocycles. The first kappa shape index (κ1) is 30.4. The molecule has 2 atom stereocenters. The van der Waals surface area contributed by atoms with Gasteiger partial charge in [-0.15, -0.1) is 0 Å². The van der Waals surface area contributed by atoms with Crippen LogP contribution < -0.4 is 14.8 Å². The molecular formula is C30H47N3O7. The second-order valence-electron chi connectivity index (χ2n) is 11.4. The Balaban J connectivity index is 1.40. The molecule has 3 fully saturated rings. The third-order valence-electron chi connectivity index (χ3n) is 8.05. The van der Waals surface area contributed by atoms with Gasteiger partial charge in [0.1, 0.15) is 6.10 Å². The molecule has 3 aliphatic rings. The molecule has 0 radical (unpaired) electrons. The lowest BCUT2D eigenvalue weighted by molar-refractivity contribution is -0.0128. The Morgan fingerprint density at radius 2 is 1.73 bits per heavy atom. The van der Waals surface area contributed by atoms with E-state index < -0.39 is 0 Å². The van der Waals surface area contributed by atoms with Crippen LogP contribution in [0.1, 0.15) is 56.3 Å². The number of ether oxygens (including phenoxy) is 5. The third kappa shape index (κ3) is 8.24. The fraction of sp³-hybridized carbons (Fsp3) is 0.733. The summed E-state index contributed by atoms with van der Waals surface area (Å²) in [6.07, 6.45) is 4.05. The molecule has 40 heavy (non-hydrogen) atoms. The first-order valence-electron chi connectivity index (χ1n) is 14.8. The number of amides is 2. The molecular weight excluding hydrogens is 514 g/mol. The van der Waals surface area contributed by atoms with Crippen molar-refractivity contribution in [1.82, 2.24) is 15.1 Å². The first-order valence-corrected chi connectivity index (χ1v) is 14.8. The quantitative estimate of drug-likeness (QED) is 0.344. The van der Waals surface area contributed by atoms with Crippen molar-refractivity contribution in [1.29, 1.82) is 0 Å². The summed E-state index contributed by atoms with van der Waals surface area (Å²) in [7, 11) is 3.25. The molecule has 2 aliphatic heterocycles.